The van der Waals surface area contributed by atoms with Gasteiger partial charge in [-0.25, -0.2) is 4.79 Å². The second-order valence-electron chi connectivity index (χ2n) is 6.62. The van der Waals surface area contributed by atoms with Gasteiger partial charge in [-0.2, -0.15) is 5.10 Å². The number of halogens is 3. The van der Waals surface area contributed by atoms with Gasteiger partial charge in [-0.1, -0.05) is 12.1 Å². The van der Waals surface area contributed by atoms with Crippen molar-refractivity contribution in [2.75, 3.05) is 0 Å². The van der Waals surface area contributed by atoms with Crippen molar-refractivity contribution in [1.29, 1.82) is 0 Å². The van der Waals surface area contributed by atoms with Crippen LogP contribution in [0.25, 0.3) is 0 Å². The first-order chi connectivity index (χ1) is 12.7. The quantitative estimate of drug-likeness (QED) is 0.849. The maximum atomic E-state index is 13.1. The highest BCUT2D eigenvalue weighted by Gasteiger charge is 2.56. The third kappa shape index (κ3) is 2.90. The van der Waals surface area contributed by atoms with Gasteiger partial charge >= 0.3 is 12.3 Å². The topological polar surface area (TPSA) is 95.5 Å². The Morgan fingerprint density at radius 1 is 1.26 bits per heavy atom. The molecule has 0 saturated heterocycles. The number of nitrogens with one attached hydrogen (secondary N) is 1. The van der Waals surface area contributed by atoms with Gasteiger partial charge in [0.25, 0.3) is 0 Å². The summed E-state index contributed by atoms with van der Waals surface area (Å²) in [5, 5.41) is 16.1. The standard InChI is InChI=1S/C17H14F3N3O4/c18-17(19,20)27-10-3-1-9(2-4-10)16(5-6-16)15(26)23-8-12-11(7-21-22-12)13(23)14(24)25/h1-4,7,13H,5-6,8H2,(H,21,22)(H,24,25)/t13-/m0/s1. The van der Waals surface area contributed by atoms with Crippen molar-refractivity contribution in [3.63, 3.8) is 0 Å². The van der Waals surface area contributed by atoms with Crippen molar-refractivity contribution in [3.8, 4) is 5.75 Å². The molecule has 2 aromatic rings. The van der Waals surface area contributed by atoms with Gasteiger partial charge in [0.2, 0.25) is 5.91 Å². The number of H-pyrrole nitrogens is 1. The Bertz CT molecular complexity index is 903. The van der Waals surface area contributed by atoms with E-state index in [2.05, 4.69) is 14.9 Å². The highest BCUT2D eigenvalue weighted by Crippen LogP contribution is 2.52. The zero-order chi connectivity index (χ0) is 19.4. The van der Waals surface area contributed by atoms with E-state index < -0.39 is 23.8 Å². The summed E-state index contributed by atoms with van der Waals surface area (Å²) in [6, 6.07) is 4.00. The Morgan fingerprint density at radius 2 is 1.93 bits per heavy atom. The number of benzene rings is 1. The fourth-order valence-corrected chi connectivity index (χ4v) is 3.57. The lowest BCUT2D eigenvalue weighted by Crippen LogP contribution is -2.40. The molecule has 142 valence electrons. The maximum absolute atomic E-state index is 13.1. The Labute approximate surface area is 150 Å². The molecule has 2 aliphatic rings. The molecule has 1 aliphatic heterocycles. The van der Waals surface area contributed by atoms with E-state index in [1.807, 2.05) is 0 Å². The normalized spacial score (nSPS) is 20.3. The zero-order valence-electron chi connectivity index (χ0n) is 13.8. The number of aliphatic carboxylic acids is 1. The van der Waals surface area contributed by atoms with Gasteiger partial charge in [-0.3, -0.25) is 9.89 Å². The molecular formula is C17H14F3N3O4. The number of carbonyl (C=O) groups is 2. The fraction of sp³-hybridized carbons (Fsp3) is 0.353. The SMILES string of the molecule is O=C(O)[C@@H]1c2c[nH]nc2CN1C(=O)C1(c2ccc(OC(F)(F)F)cc2)CC1. The number of rotatable bonds is 4. The lowest BCUT2D eigenvalue weighted by atomic mass is 9.93. The van der Waals surface area contributed by atoms with Gasteiger partial charge in [-0.15, -0.1) is 13.2 Å². The molecule has 7 nitrogen and oxygen atoms in total. The molecule has 0 spiro atoms. The summed E-state index contributed by atoms with van der Waals surface area (Å²) >= 11 is 0. The molecule has 1 fully saturated rings. The largest absolute Gasteiger partial charge is 0.573 e. The second-order valence-corrected chi connectivity index (χ2v) is 6.62. The van der Waals surface area contributed by atoms with Gasteiger partial charge in [0, 0.05) is 11.8 Å². The molecule has 10 heteroatoms. The van der Waals surface area contributed by atoms with Crippen LogP contribution in [0.1, 0.15) is 35.7 Å². The number of amides is 1. The number of carboxylic acid groups (broad SMARTS) is 1. The Hall–Kier alpha value is -3.04. The van der Waals surface area contributed by atoms with Crippen LogP contribution in [0.15, 0.2) is 30.5 Å². The van der Waals surface area contributed by atoms with Crippen molar-refractivity contribution in [1.82, 2.24) is 15.1 Å². The van der Waals surface area contributed by atoms with Gasteiger partial charge in [-0.05, 0) is 30.5 Å². The number of aromatic nitrogens is 2. The zero-order valence-corrected chi connectivity index (χ0v) is 13.8. The summed E-state index contributed by atoms with van der Waals surface area (Å²) < 4.78 is 40.7. The van der Waals surface area contributed by atoms with Gasteiger partial charge in [0.05, 0.1) is 17.7 Å². The molecule has 0 bridgehead atoms. The first kappa shape index (κ1) is 17.4. The molecular weight excluding hydrogens is 367 g/mol. The van der Waals surface area contributed by atoms with E-state index in [0.29, 0.717) is 29.7 Å². The third-order valence-corrected chi connectivity index (χ3v) is 4.97. The lowest BCUT2D eigenvalue weighted by Gasteiger charge is -2.27. The van der Waals surface area contributed by atoms with Crippen LogP contribution in [0.4, 0.5) is 13.2 Å². The lowest BCUT2D eigenvalue weighted by molar-refractivity contribution is -0.274. The number of carboxylic acids is 1. The van der Waals surface area contributed by atoms with Crippen LogP contribution in [-0.4, -0.2) is 38.4 Å². The molecule has 1 saturated carbocycles. The van der Waals surface area contributed by atoms with Crippen molar-refractivity contribution in [2.45, 2.75) is 37.2 Å². The third-order valence-electron chi connectivity index (χ3n) is 4.97. The van der Waals surface area contributed by atoms with E-state index in [4.69, 9.17) is 0 Å². The van der Waals surface area contributed by atoms with Crippen LogP contribution >= 0.6 is 0 Å². The number of alkyl halides is 3. The highest BCUT2D eigenvalue weighted by molar-refractivity contribution is 5.95. The van der Waals surface area contributed by atoms with Crippen molar-refractivity contribution < 1.29 is 32.6 Å². The van der Waals surface area contributed by atoms with Crippen molar-refractivity contribution in [3.05, 3.63) is 47.3 Å². The summed E-state index contributed by atoms with van der Waals surface area (Å²) in [6.07, 6.45) is -2.33. The Balaban J connectivity index is 1.59. The minimum Gasteiger partial charge on any atom is -0.479 e. The number of nitrogens with zero attached hydrogens (tertiary/aromatic N) is 2. The second kappa shape index (κ2) is 5.73. The minimum absolute atomic E-state index is 0.0751. The first-order valence-electron chi connectivity index (χ1n) is 8.14. The van der Waals surface area contributed by atoms with Crippen molar-refractivity contribution in [2.24, 2.45) is 0 Å². The summed E-state index contributed by atoms with van der Waals surface area (Å²) in [6.45, 7) is 0.0751. The van der Waals surface area contributed by atoms with Crippen LogP contribution in [0.5, 0.6) is 5.75 Å². The van der Waals surface area contributed by atoms with Crippen molar-refractivity contribution >= 4 is 11.9 Å². The number of ether oxygens (including phenoxy) is 1. The molecule has 2 N–H and O–H groups in total. The van der Waals surface area contributed by atoms with E-state index in [0.717, 1.165) is 12.1 Å². The molecule has 1 atom stereocenters. The summed E-state index contributed by atoms with van der Waals surface area (Å²) in [7, 11) is 0. The van der Waals surface area contributed by atoms with E-state index in [9.17, 15) is 27.9 Å². The average molecular weight is 381 g/mol. The fourth-order valence-electron chi connectivity index (χ4n) is 3.57. The smallest absolute Gasteiger partial charge is 0.479 e. The molecule has 27 heavy (non-hydrogen) atoms. The van der Waals surface area contributed by atoms with E-state index in [-0.39, 0.29) is 18.2 Å². The average Bonchev–Trinajstić information content (AvgIpc) is 3.12. The van der Waals surface area contributed by atoms with Gasteiger partial charge in [0.1, 0.15) is 5.75 Å². The number of carbonyl (C=O) groups excluding carboxylic acids is 1. The molecule has 1 aromatic carbocycles. The molecule has 1 amide bonds. The number of hydrogen-bond acceptors (Lipinski definition) is 4. The number of aromatic amines is 1. The summed E-state index contributed by atoms with van der Waals surface area (Å²) in [4.78, 5) is 26.1. The summed E-state index contributed by atoms with van der Waals surface area (Å²) in [5.41, 5.74) is 0.566. The Kier molecular flexibility index (Phi) is 3.69. The van der Waals surface area contributed by atoms with Crippen LogP contribution in [0.2, 0.25) is 0 Å². The Morgan fingerprint density at radius 3 is 2.48 bits per heavy atom. The minimum atomic E-state index is -4.79. The highest BCUT2D eigenvalue weighted by atomic mass is 19.4. The van der Waals surface area contributed by atoms with Gasteiger partial charge in [0.15, 0.2) is 6.04 Å². The molecule has 0 radical (unpaired) electrons. The molecule has 0 unspecified atom stereocenters. The van der Waals surface area contributed by atoms with E-state index in [1.54, 1.807) is 0 Å². The molecule has 1 aliphatic carbocycles. The van der Waals surface area contributed by atoms with E-state index >= 15 is 0 Å². The summed E-state index contributed by atoms with van der Waals surface area (Å²) in [5.74, 6) is -1.90. The first-order valence-corrected chi connectivity index (χ1v) is 8.14. The number of hydrogen-bond donors (Lipinski definition) is 2. The molecule has 2 heterocycles. The van der Waals surface area contributed by atoms with Crippen LogP contribution in [0.3, 0.4) is 0 Å². The predicted octanol–water partition coefficient (Wildman–Crippen LogP) is 2.51. The maximum Gasteiger partial charge on any atom is 0.573 e. The monoisotopic (exact) mass is 381 g/mol. The van der Waals surface area contributed by atoms with Gasteiger partial charge < -0.3 is 14.7 Å². The van der Waals surface area contributed by atoms with Crippen LogP contribution in [-0.2, 0) is 21.5 Å². The predicted molar refractivity (Wildman–Crippen MR) is 83.6 cm³/mol. The molecule has 4 rings (SSSR count). The number of fused-ring (bicyclic) bond motifs is 1. The van der Waals surface area contributed by atoms with Crippen LogP contribution < -0.4 is 4.74 Å². The molecule has 1 aromatic heterocycles. The van der Waals surface area contributed by atoms with Crippen LogP contribution in [0, 0.1) is 0 Å². The van der Waals surface area contributed by atoms with E-state index in [1.165, 1.54) is 23.2 Å².